The summed E-state index contributed by atoms with van der Waals surface area (Å²) >= 11 is 0. The molecule has 0 aliphatic carbocycles. The molecule has 1 aliphatic rings. The summed E-state index contributed by atoms with van der Waals surface area (Å²) in [7, 11) is 0. The molecule has 5 heteroatoms. The molecule has 1 aliphatic heterocycles. The third-order valence-electron chi connectivity index (χ3n) is 2.77. The van der Waals surface area contributed by atoms with Crippen LogP contribution in [0.25, 0.3) is 0 Å². The van der Waals surface area contributed by atoms with Crippen LogP contribution in [-0.4, -0.2) is 24.5 Å². The molecule has 0 saturated heterocycles. The SMILES string of the molecule is CCC(C(N)=O)N1C(=O)COc2ccccc21. The molecule has 1 aromatic rings. The van der Waals surface area contributed by atoms with Crippen molar-refractivity contribution in [3.05, 3.63) is 24.3 Å². The van der Waals surface area contributed by atoms with Crippen LogP contribution in [0.2, 0.25) is 0 Å². The second-order valence-corrected chi connectivity index (χ2v) is 3.85. The molecule has 5 nitrogen and oxygen atoms in total. The fourth-order valence-corrected chi connectivity index (χ4v) is 1.97. The Morgan fingerprint density at radius 1 is 1.53 bits per heavy atom. The maximum Gasteiger partial charge on any atom is 0.265 e. The normalized spacial score (nSPS) is 16.1. The third kappa shape index (κ3) is 1.95. The molecular formula is C12H14N2O3. The molecule has 1 heterocycles. The van der Waals surface area contributed by atoms with E-state index >= 15 is 0 Å². The number of hydrogen-bond acceptors (Lipinski definition) is 3. The maximum absolute atomic E-state index is 11.9. The lowest BCUT2D eigenvalue weighted by Gasteiger charge is -2.33. The molecule has 1 atom stereocenters. The predicted octanol–water partition coefficient (Wildman–Crippen LogP) is 0.676. The van der Waals surface area contributed by atoms with Gasteiger partial charge in [0.1, 0.15) is 11.8 Å². The van der Waals surface area contributed by atoms with Crippen molar-refractivity contribution in [1.29, 1.82) is 0 Å². The largest absolute Gasteiger partial charge is 0.482 e. The van der Waals surface area contributed by atoms with Crippen LogP contribution in [0.4, 0.5) is 5.69 Å². The van der Waals surface area contributed by atoms with Crippen molar-refractivity contribution in [1.82, 2.24) is 0 Å². The monoisotopic (exact) mass is 234 g/mol. The van der Waals surface area contributed by atoms with E-state index in [0.29, 0.717) is 17.9 Å². The summed E-state index contributed by atoms with van der Waals surface area (Å²) in [5.41, 5.74) is 5.93. The summed E-state index contributed by atoms with van der Waals surface area (Å²) in [5.74, 6) is -0.140. The lowest BCUT2D eigenvalue weighted by atomic mass is 10.1. The fourth-order valence-electron chi connectivity index (χ4n) is 1.97. The van der Waals surface area contributed by atoms with Crippen LogP contribution in [0, 0.1) is 0 Å². The van der Waals surface area contributed by atoms with Gasteiger partial charge in [0.2, 0.25) is 5.91 Å². The smallest absolute Gasteiger partial charge is 0.265 e. The minimum absolute atomic E-state index is 0.0548. The van der Waals surface area contributed by atoms with Gasteiger partial charge in [-0.25, -0.2) is 0 Å². The van der Waals surface area contributed by atoms with Gasteiger partial charge in [0.05, 0.1) is 5.69 Å². The molecule has 0 bridgehead atoms. The van der Waals surface area contributed by atoms with E-state index in [1.807, 2.05) is 13.0 Å². The topological polar surface area (TPSA) is 72.6 Å². The van der Waals surface area contributed by atoms with Crippen LogP contribution in [0.5, 0.6) is 5.75 Å². The van der Waals surface area contributed by atoms with Crippen molar-refractivity contribution in [3.8, 4) is 5.75 Å². The van der Waals surface area contributed by atoms with Crippen LogP contribution in [0.1, 0.15) is 13.3 Å². The highest BCUT2D eigenvalue weighted by molar-refractivity contribution is 6.03. The van der Waals surface area contributed by atoms with Crippen molar-refractivity contribution >= 4 is 17.5 Å². The summed E-state index contributed by atoms with van der Waals surface area (Å²) in [6, 6.07) is 6.51. The lowest BCUT2D eigenvalue weighted by molar-refractivity contribution is -0.126. The second kappa shape index (κ2) is 4.45. The Bertz CT molecular complexity index is 459. The molecule has 2 rings (SSSR count). The molecule has 0 spiro atoms. The van der Waals surface area contributed by atoms with E-state index in [1.54, 1.807) is 18.2 Å². The minimum atomic E-state index is -0.618. The van der Waals surface area contributed by atoms with E-state index < -0.39 is 11.9 Å². The van der Waals surface area contributed by atoms with Gasteiger partial charge in [-0.2, -0.15) is 0 Å². The number of nitrogens with two attached hydrogens (primary N) is 1. The third-order valence-corrected chi connectivity index (χ3v) is 2.77. The molecule has 90 valence electrons. The van der Waals surface area contributed by atoms with E-state index in [1.165, 1.54) is 4.90 Å². The minimum Gasteiger partial charge on any atom is -0.482 e. The van der Waals surface area contributed by atoms with Crippen LogP contribution in [0.3, 0.4) is 0 Å². The van der Waals surface area contributed by atoms with Gasteiger partial charge in [0, 0.05) is 0 Å². The number of hydrogen-bond donors (Lipinski definition) is 1. The average molecular weight is 234 g/mol. The van der Waals surface area contributed by atoms with Crippen LogP contribution in [-0.2, 0) is 9.59 Å². The number of fused-ring (bicyclic) bond motifs is 1. The Morgan fingerprint density at radius 3 is 2.88 bits per heavy atom. The fraction of sp³-hybridized carbons (Fsp3) is 0.333. The highest BCUT2D eigenvalue weighted by Gasteiger charge is 2.33. The van der Waals surface area contributed by atoms with Crippen molar-refractivity contribution in [2.24, 2.45) is 5.73 Å². The lowest BCUT2D eigenvalue weighted by Crippen LogP contribution is -2.51. The molecular weight excluding hydrogens is 220 g/mol. The number of amides is 2. The molecule has 0 fully saturated rings. The first kappa shape index (κ1) is 11.4. The van der Waals surface area contributed by atoms with Crippen LogP contribution < -0.4 is 15.4 Å². The van der Waals surface area contributed by atoms with Gasteiger partial charge in [-0.1, -0.05) is 19.1 Å². The number of primary amides is 1. The Hall–Kier alpha value is -2.04. The molecule has 1 unspecified atom stereocenters. The van der Waals surface area contributed by atoms with Crippen molar-refractivity contribution < 1.29 is 14.3 Å². The van der Waals surface area contributed by atoms with E-state index in [0.717, 1.165) is 0 Å². The zero-order valence-corrected chi connectivity index (χ0v) is 9.55. The first-order valence-electron chi connectivity index (χ1n) is 5.48. The summed E-state index contributed by atoms with van der Waals surface area (Å²) in [4.78, 5) is 24.7. The Labute approximate surface area is 99.2 Å². The van der Waals surface area contributed by atoms with Gasteiger partial charge >= 0.3 is 0 Å². The van der Waals surface area contributed by atoms with Gasteiger partial charge in [0.25, 0.3) is 5.91 Å². The predicted molar refractivity (Wildman–Crippen MR) is 62.7 cm³/mol. The Morgan fingerprint density at radius 2 is 2.24 bits per heavy atom. The van der Waals surface area contributed by atoms with Crippen LogP contribution in [0.15, 0.2) is 24.3 Å². The number of carbonyl (C=O) groups excluding carboxylic acids is 2. The highest BCUT2D eigenvalue weighted by atomic mass is 16.5. The van der Waals surface area contributed by atoms with E-state index in [2.05, 4.69) is 0 Å². The van der Waals surface area contributed by atoms with Gasteiger partial charge in [-0.15, -0.1) is 0 Å². The summed E-state index contributed by atoms with van der Waals surface area (Å²) in [6.45, 7) is 1.77. The Kier molecular flexibility index (Phi) is 2.99. The first-order chi connectivity index (χ1) is 8.15. The van der Waals surface area contributed by atoms with E-state index in [-0.39, 0.29) is 12.5 Å². The van der Waals surface area contributed by atoms with E-state index in [4.69, 9.17) is 10.5 Å². The van der Waals surface area contributed by atoms with Gasteiger partial charge in [-0.05, 0) is 18.6 Å². The molecule has 2 N–H and O–H groups in total. The van der Waals surface area contributed by atoms with Gasteiger partial charge in [0.15, 0.2) is 6.61 Å². The molecule has 0 aromatic heterocycles. The number of para-hydroxylation sites is 2. The average Bonchev–Trinajstić information content (AvgIpc) is 2.32. The van der Waals surface area contributed by atoms with Crippen molar-refractivity contribution in [3.63, 3.8) is 0 Å². The molecule has 0 saturated carbocycles. The van der Waals surface area contributed by atoms with Crippen molar-refractivity contribution in [2.45, 2.75) is 19.4 Å². The number of ether oxygens (including phenoxy) is 1. The molecule has 17 heavy (non-hydrogen) atoms. The quantitative estimate of drug-likeness (QED) is 0.835. The van der Waals surface area contributed by atoms with E-state index in [9.17, 15) is 9.59 Å². The number of carbonyl (C=O) groups is 2. The standard InChI is InChI=1S/C12H14N2O3/c1-2-8(12(13)16)14-9-5-3-4-6-10(9)17-7-11(14)15/h3-6,8H,2,7H2,1H3,(H2,13,16). The maximum atomic E-state index is 11.9. The zero-order chi connectivity index (χ0) is 12.4. The number of nitrogens with zero attached hydrogens (tertiary/aromatic N) is 1. The van der Waals surface area contributed by atoms with Crippen LogP contribution >= 0.6 is 0 Å². The summed E-state index contributed by atoms with van der Waals surface area (Å²) in [6.07, 6.45) is 0.482. The van der Waals surface area contributed by atoms with Crippen molar-refractivity contribution in [2.75, 3.05) is 11.5 Å². The molecule has 2 amide bonds. The molecule has 1 aromatic carbocycles. The Balaban J connectivity index is 2.45. The first-order valence-corrected chi connectivity index (χ1v) is 5.48. The number of anilines is 1. The van der Waals surface area contributed by atoms with Gasteiger partial charge in [-0.3, -0.25) is 14.5 Å². The summed E-state index contributed by atoms with van der Waals surface area (Å²) in [5, 5.41) is 0. The molecule has 0 radical (unpaired) electrons. The second-order valence-electron chi connectivity index (χ2n) is 3.85. The highest BCUT2D eigenvalue weighted by Crippen LogP contribution is 2.33. The van der Waals surface area contributed by atoms with Gasteiger partial charge < -0.3 is 10.5 Å². The number of rotatable bonds is 3. The zero-order valence-electron chi connectivity index (χ0n) is 9.55. The number of benzene rings is 1. The summed E-state index contributed by atoms with van der Waals surface area (Å²) < 4.78 is 5.30.